The summed E-state index contributed by atoms with van der Waals surface area (Å²) in [7, 11) is 0. The highest BCUT2D eigenvalue weighted by molar-refractivity contribution is 5.76. The summed E-state index contributed by atoms with van der Waals surface area (Å²) in [6.45, 7) is 0. The molecular weight excluding hydrogens is 420 g/mol. The van der Waals surface area contributed by atoms with Crippen LogP contribution in [0.2, 0.25) is 0 Å². The monoisotopic (exact) mass is 458 g/mol. The van der Waals surface area contributed by atoms with Crippen LogP contribution in [0.15, 0.2) is 30.6 Å². The van der Waals surface area contributed by atoms with E-state index < -0.39 is 0 Å². The average molecular weight is 459 g/mol. The number of aromatic nitrogens is 5. The predicted octanol–water partition coefficient (Wildman–Crippen LogP) is 5.66. The minimum atomic E-state index is 0.530. The third kappa shape index (κ3) is 3.78. The van der Waals surface area contributed by atoms with Crippen molar-refractivity contribution in [2.24, 2.45) is 11.8 Å². The van der Waals surface area contributed by atoms with Gasteiger partial charge in [-0.05, 0) is 68.9 Å². The molecule has 4 aliphatic rings. The molecule has 7 rings (SSSR count). The van der Waals surface area contributed by atoms with Gasteiger partial charge in [0.15, 0.2) is 0 Å². The first kappa shape index (κ1) is 21.1. The van der Waals surface area contributed by atoms with Crippen LogP contribution in [0.5, 0.6) is 0 Å². The molecule has 2 saturated carbocycles. The van der Waals surface area contributed by atoms with Gasteiger partial charge in [0.25, 0.3) is 0 Å². The lowest BCUT2D eigenvalue weighted by molar-refractivity contribution is -0.0419. The number of fused-ring (bicyclic) bond motifs is 5. The second kappa shape index (κ2) is 8.78. The zero-order valence-electron chi connectivity index (χ0n) is 20.3. The Kier molecular flexibility index (Phi) is 5.45. The van der Waals surface area contributed by atoms with E-state index in [-0.39, 0.29) is 0 Å². The summed E-state index contributed by atoms with van der Waals surface area (Å²) >= 11 is 0. The average Bonchev–Trinajstić information content (AvgIpc) is 3.44. The number of hydrogen-bond acceptors (Lipinski definition) is 4. The standard InChI is InChI=1S/C28H38N6/c1-2-7-20-12-19(6-1)13-23(14-20)33-21-8-5-9-22(33)16-24(15-21)34-26-11-4-3-10-25(26)31-28(34)17-27-29-18-30-32-27/h3-4,10-11,18-24H,1-2,5-9,12-17H2,(H,29,30,32)/t19-,20+,21-,22+,23-,24+. The number of aromatic amines is 1. The van der Waals surface area contributed by atoms with Crippen molar-refractivity contribution in [2.45, 2.75) is 108 Å². The van der Waals surface area contributed by atoms with Gasteiger partial charge in [0.05, 0.1) is 17.5 Å². The van der Waals surface area contributed by atoms with Crippen LogP contribution in [0, 0.1) is 11.8 Å². The van der Waals surface area contributed by atoms with Gasteiger partial charge in [-0.2, -0.15) is 5.10 Å². The summed E-state index contributed by atoms with van der Waals surface area (Å²) in [5.74, 6) is 4.03. The predicted molar refractivity (Wildman–Crippen MR) is 134 cm³/mol. The molecule has 2 saturated heterocycles. The van der Waals surface area contributed by atoms with Crippen molar-refractivity contribution in [1.82, 2.24) is 29.6 Å². The molecule has 6 nitrogen and oxygen atoms in total. The third-order valence-electron chi connectivity index (χ3n) is 9.60. The van der Waals surface area contributed by atoms with Crippen molar-refractivity contribution in [1.29, 1.82) is 0 Å². The Labute approximate surface area is 202 Å². The van der Waals surface area contributed by atoms with Crippen LogP contribution in [0.4, 0.5) is 0 Å². The molecule has 4 heterocycles. The van der Waals surface area contributed by atoms with E-state index in [0.717, 1.165) is 53.5 Å². The molecule has 3 aromatic rings. The lowest BCUT2D eigenvalue weighted by atomic mass is 9.73. The molecule has 2 aliphatic heterocycles. The summed E-state index contributed by atoms with van der Waals surface area (Å²) in [6.07, 6.45) is 19.4. The van der Waals surface area contributed by atoms with Gasteiger partial charge in [0.1, 0.15) is 18.0 Å². The van der Waals surface area contributed by atoms with E-state index in [2.05, 4.69) is 48.9 Å². The van der Waals surface area contributed by atoms with Gasteiger partial charge >= 0.3 is 0 Å². The van der Waals surface area contributed by atoms with Crippen LogP contribution in [-0.4, -0.2) is 47.8 Å². The Morgan fingerprint density at radius 2 is 1.56 bits per heavy atom. The topological polar surface area (TPSA) is 62.6 Å². The molecule has 2 aromatic heterocycles. The SMILES string of the molecule is c1ccc2c(c1)nc(Cc1ncn[nH]1)n2[C@H]1C[C@H]2CCC[C@@H](C1)N2[C@@H]1C[C@@H]2CCCC[C@@H](C2)C1. The number of rotatable bonds is 4. The highest BCUT2D eigenvalue weighted by Crippen LogP contribution is 2.47. The first-order valence-corrected chi connectivity index (χ1v) is 13.9. The molecule has 34 heavy (non-hydrogen) atoms. The van der Waals surface area contributed by atoms with E-state index in [9.17, 15) is 0 Å². The van der Waals surface area contributed by atoms with Gasteiger partial charge < -0.3 is 4.57 Å². The van der Waals surface area contributed by atoms with Crippen LogP contribution in [0.3, 0.4) is 0 Å². The molecule has 1 N–H and O–H groups in total. The summed E-state index contributed by atoms with van der Waals surface area (Å²) < 4.78 is 2.58. The van der Waals surface area contributed by atoms with Gasteiger partial charge in [0, 0.05) is 24.2 Å². The lowest BCUT2D eigenvalue weighted by Gasteiger charge is -2.54. The Morgan fingerprint density at radius 1 is 0.794 bits per heavy atom. The van der Waals surface area contributed by atoms with Gasteiger partial charge in [-0.15, -0.1) is 0 Å². The van der Waals surface area contributed by atoms with Crippen molar-refractivity contribution in [3.05, 3.63) is 42.2 Å². The lowest BCUT2D eigenvalue weighted by Crippen LogP contribution is -2.58. The number of benzene rings is 1. The van der Waals surface area contributed by atoms with E-state index in [1.54, 1.807) is 6.33 Å². The Hall–Kier alpha value is -2.21. The van der Waals surface area contributed by atoms with Crippen molar-refractivity contribution in [3.63, 3.8) is 0 Å². The zero-order chi connectivity index (χ0) is 22.5. The highest BCUT2D eigenvalue weighted by atomic mass is 15.3. The summed E-state index contributed by atoms with van der Waals surface area (Å²) in [4.78, 5) is 12.6. The van der Waals surface area contributed by atoms with Gasteiger partial charge in [0.2, 0.25) is 0 Å². The van der Waals surface area contributed by atoms with Crippen molar-refractivity contribution < 1.29 is 0 Å². The van der Waals surface area contributed by atoms with Crippen LogP contribution < -0.4 is 0 Å². The molecule has 180 valence electrons. The summed E-state index contributed by atoms with van der Waals surface area (Å²) in [5.41, 5.74) is 2.40. The maximum atomic E-state index is 5.08. The molecule has 6 heteroatoms. The molecule has 4 bridgehead atoms. The minimum absolute atomic E-state index is 0.530. The molecule has 0 amide bonds. The normalized spacial score (nSPS) is 34.2. The van der Waals surface area contributed by atoms with Crippen molar-refractivity contribution in [2.75, 3.05) is 0 Å². The first-order chi connectivity index (χ1) is 16.8. The maximum Gasteiger partial charge on any atom is 0.137 e. The minimum Gasteiger partial charge on any atom is -0.324 e. The van der Waals surface area contributed by atoms with Gasteiger partial charge in [-0.1, -0.05) is 44.2 Å². The molecule has 0 unspecified atom stereocenters. The van der Waals surface area contributed by atoms with Crippen molar-refractivity contribution in [3.8, 4) is 0 Å². The third-order valence-corrected chi connectivity index (χ3v) is 9.60. The molecule has 0 radical (unpaired) electrons. The number of imidazole rings is 1. The fourth-order valence-corrected chi connectivity index (χ4v) is 8.40. The largest absolute Gasteiger partial charge is 0.324 e. The molecule has 2 aliphatic carbocycles. The van der Waals surface area contributed by atoms with Crippen LogP contribution in [0.1, 0.15) is 94.7 Å². The second-order valence-corrected chi connectivity index (χ2v) is 11.7. The molecule has 1 aromatic carbocycles. The van der Waals surface area contributed by atoms with E-state index in [1.807, 2.05) is 0 Å². The Morgan fingerprint density at radius 3 is 2.29 bits per heavy atom. The zero-order valence-corrected chi connectivity index (χ0v) is 20.3. The van der Waals surface area contributed by atoms with E-state index in [4.69, 9.17) is 4.98 Å². The number of nitrogens with zero attached hydrogens (tertiary/aromatic N) is 5. The summed E-state index contributed by atoms with van der Waals surface area (Å²) in [6, 6.07) is 11.5. The molecule has 4 fully saturated rings. The van der Waals surface area contributed by atoms with E-state index in [1.165, 1.54) is 82.6 Å². The number of H-pyrrole nitrogens is 1. The fraction of sp³-hybridized carbons (Fsp3) is 0.679. The van der Waals surface area contributed by atoms with Gasteiger partial charge in [-0.3, -0.25) is 10.00 Å². The molecule has 0 spiro atoms. The van der Waals surface area contributed by atoms with Crippen LogP contribution in [0.25, 0.3) is 11.0 Å². The Balaban J connectivity index is 1.19. The Bertz CT molecular complexity index is 1090. The molecular formula is C28H38N6. The smallest absolute Gasteiger partial charge is 0.137 e. The number of para-hydroxylation sites is 2. The molecule has 6 atom stereocenters. The summed E-state index contributed by atoms with van der Waals surface area (Å²) in [5, 5.41) is 7.13. The number of piperidine rings is 2. The van der Waals surface area contributed by atoms with Crippen LogP contribution in [-0.2, 0) is 6.42 Å². The fourth-order valence-electron chi connectivity index (χ4n) is 8.40. The first-order valence-electron chi connectivity index (χ1n) is 13.9. The quantitative estimate of drug-likeness (QED) is 0.548. The number of hydrogen-bond donors (Lipinski definition) is 1. The maximum absolute atomic E-state index is 5.08. The van der Waals surface area contributed by atoms with Crippen molar-refractivity contribution >= 4 is 11.0 Å². The van der Waals surface area contributed by atoms with E-state index in [0.29, 0.717) is 6.04 Å². The highest BCUT2D eigenvalue weighted by Gasteiger charge is 2.45. The van der Waals surface area contributed by atoms with E-state index >= 15 is 0 Å². The van der Waals surface area contributed by atoms with Gasteiger partial charge in [-0.25, -0.2) is 9.97 Å². The van der Waals surface area contributed by atoms with Crippen LogP contribution >= 0.6 is 0 Å². The second-order valence-electron chi connectivity index (χ2n) is 11.7. The number of nitrogens with one attached hydrogen (secondary N) is 1.